The fraction of sp³-hybridized carbons (Fsp3) is 0.250. The molecule has 0 atom stereocenters. The van der Waals surface area contributed by atoms with Gasteiger partial charge in [-0.05, 0) is 48.4 Å². The van der Waals surface area contributed by atoms with Gasteiger partial charge in [0.05, 0.1) is 6.61 Å². The number of rotatable bonds is 6. The van der Waals surface area contributed by atoms with E-state index in [0.717, 1.165) is 23.1 Å². The third-order valence-corrected chi connectivity index (χ3v) is 2.91. The van der Waals surface area contributed by atoms with E-state index in [1.165, 1.54) is 0 Å². The van der Waals surface area contributed by atoms with Crippen LogP contribution in [0, 0.1) is 6.92 Å². The minimum absolute atomic E-state index is 0.461. The summed E-state index contributed by atoms with van der Waals surface area (Å²) < 4.78 is 10.4. The van der Waals surface area contributed by atoms with Crippen molar-refractivity contribution in [2.24, 2.45) is 0 Å². The molecule has 0 amide bonds. The summed E-state index contributed by atoms with van der Waals surface area (Å²) >= 11 is 0. The average molecular weight is 271 g/mol. The van der Waals surface area contributed by atoms with Crippen LogP contribution in [0.15, 0.2) is 36.5 Å². The second kappa shape index (κ2) is 6.82. The lowest BCUT2D eigenvalue weighted by Gasteiger charge is -2.10. The number of pyridine rings is 1. The second-order valence-corrected chi connectivity index (χ2v) is 4.39. The van der Waals surface area contributed by atoms with Crippen molar-refractivity contribution in [2.75, 3.05) is 20.3 Å². The molecule has 1 aromatic heterocycles. The lowest BCUT2D eigenvalue weighted by Crippen LogP contribution is -2.04. The zero-order valence-electron chi connectivity index (χ0n) is 11.6. The van der Waals surface area contributed by atoms with Gasteiger partial charge in [-0.25, -0.2) is 0 Å². The average Bonchev–Trinajstić information content (AvgIpc) is 2.47. The molecule has 0 radical (unpaired) electrons. The van der Waals surface area contributed by atoms with E-state index in [2.05, 4.69) is 4.98 Å². The van der Waals surface area contributed by atoms with Gasteiger partial charge < -0.3 is 9.47 Å². The largest absolute Gasteiger partial charge is 0.491 e. The molecule has 0 spiro atoms. The van der Waals surface area contributed by atoms with Gasteiger partial charge >= 0.3 is 0 Å². The molecule has 0 saturated carbocycles. The highest BCUT2D eigenvalue weighted by molar-refractivity contribution is 5.88. The van der Waals surface area contributed by atoms with Gasteiger partial charge in [-0.1, -0.05) is 0 Å². The molecule has 20 heavy (non-hydrogen) atoms. The number of aromatic nitrogens is 1. The maximum atomic E-state index is 11.3. The Balaban J connectivity index is 2.28. The zero-order chi connectivity index (χ0) is 14.4. The van der Waals surface area contributed by atoms with Gasteiger partial charge in [-0.15, -0.1) is 0 Å². The second-order valence-electron chi connectivity index (χ2n) is 4.39. The van der Waals surface area contributed by atoms with Gasteiger partial charge in [0, 0.05) is 24.6 Å². The molecule has 4 nitrogen and oxygen atoms in total. The third kappa shape index (κ3) is 3.42. The summed E-state index contributed by atoms with van der Waals surface area (Å²) in [6.45, 7) is 2.90. The molecule has 0 saturated heterocycles. The fourth-order valence-corrected chi connectivity index (χ4v) is 1.95. The topological polar surface area (TPSA) is 48.4 Å². The quantitative estimate of drug-likeness (QED) is 0.598. The summed E-state index contributed by atoms with van der Waals surface area (Å²) in [5.74, 6) is 0.665. The van der Waals surface area contributed by atoms with E-state index < -0.39 is 0 Å². The fourth-order valence-electron chi connectivity index (χ4n) is 1.95. The summed E-state index contributed by atoms with van der Waals surface area (Å²) in [5, 5.41) is 0. The highest BCUT2D eigenvalue weighted by Crippen LogP contribution is 2.26. The Kier molecular flexibility index (Phi) is 4.85. The van der Waals surface area contributed by atoms with Crippen LogP contribution in [0.25, 0.3) is 11.1 Å². The number of aldehydes is 1. The van der Waals surface area contributed by atoms with E-state index in [-0.39, 0.29) is 0 Å². The molecule has 1 aromatic carbocycles. The molecule has 2 rings (SSSR count). The number of carbonyl (C=O) groups is 1. The summed E-state index contributed by atoms with van der Waals surface area (Å²) in [5.41, 5.74) is 3.37. The molecule has 0 unspecified atom stereocenters. The van der Waals surface area contributed by atoms with E-state index in [4.69, 9.17) is 9.47 Å². The van der Waals surface area contributed by atoms with Crippen LogP contribution >= 0.6 is 0 Å². The molecule has 0 aliphatic rings. The summed E-state index contributed by atoms with van der Waals surface area (Å²) in [7, 11) is 1.62. The van der Waals surface area contributed by atoms with Gasteiger partial charge in [0.15, 0.2) is 6.29 Å². The maximum Gasteiger partial charge on any atom is 0.150 e. The molecule has 0 fully saturated rings. The van der Waals surface area contributed by atoms with Gasteiger partial charge in [0.25, 0.3) is 0 Å². The molecule has 0 aliphatic carbocycles. The van der Waals surface area contributed by atoms with Crippen LogP contribution in [0.4, 0.5) is 0 Å². The molecule has 2 aromatic rings. The van der Waals surface area contributed by atoms with Crippen LogP contribution < -0.4 is 4.74 Å². The Bertz CT molecular complexity index is 596. The van der Waals surface area contributed by atoms with Crippen molar-refractivity contribution in [3.8, 4) is 16.9 Å². The van der Waals surface area contributed by atoms with Gasteiger partial charge in [-0.2, -0.15) is 0 Å². The number of nitrogens with zero attached hydrogens (tertiary/aromatic N) is 1. The van der Waals surface area contributed by atoms with E-state index in [1.807, 2.05) is 31.2 Å². The Morgan fingerprint density at radius 3 is 2.75 bits per heavy atom. The predicted octanol–water partition coefficient (Wildman–Crippen LogP) is 2.89. The number of aryl methyl sites for hydroxylation is 1. The Morgan fingerprint density at radius 1 is 1.20 bits per heavy atom. The number of hydrogen-bond acceptors (Lipinski definition) is 4. The van der Waals surface area contributed by atoms with Gasteiger partial charge in [0.2, 0.25) is 0 Å². The van der Waals surface area contributed by atoms with Crippen molar-refractivity contribution in [3.05, 3.63) is 47.8 Å². The van der Waals surface area contributed by atoms with Crippen LogP contribution in [0.1, 0.15) is 16.1 Å². The minimum Gasteiger partial charge on any atom is -0.491 e. The van der Waals surface area contributed by atoms with Crippen molar-refractivity contribution in [1.29, 1.82) is 0 Å². The number of methoxy groups -OCH3 is 1. The lowest BCUT2D eigenvalue weighted by molar-refractivity contribution is 0.112. The van der Waals surface area contributed by atoms with E-state index in [0.29, 0.717) is 24.5 Å². The molecule has 0 bridgehead atoms. The molecular formula is C16H17NO3. The number of ether oxygens (including phenoxy) is 2. The van der Waals surface area contributed by atoms with E-state index >= 15 is 0 Å². The summed E-state index contributed by atoms with van der Waals surface area (Å²) in [6.07, 6.45) is 2.58. The van der Waals surface area contributed by atoms with Gasteiger partial charge in [0.1, 0.15) is 12.4 Å². The predicted molar refractivity (Wildman–Crippen MR) is 77.2 cm³/mol. The Morgan fingerprint density at radius 2 is 2.05 bits per heavy atom. The van der Waals surface area contributed by atoms with Crippen LogP contribution in [0.5, 0.6) is 5.75 Å². The van der Waals surface area contributed by atoms with Crippen molar-refractivity contribution in [1.82, 2.24) is 4.98 Å². The van der Waals surface area contributed by atoms with Crippen LogP contribution in [0.3, 0.4) is 0 Å². The normalized spacial score (nSPS) is 10.3. The first-order valence-electron chi connectivity index (χ1n) is 6.38. The third-order valence-electron chi connectivity index (χ3n) is 2.91. The first-order chi connectivity index (χ1) is 9.74. The number of carbonyl (C=O) groups excluding carboxylic acids is 1. The SMILES string of the molecule is COCCOc1ccc(-c2ccnc(C)c2)c(C=O)c1. The molecule has 0 N–H and O–H groups in total. The summed E-state index contributed by atoms with van der Waals surface area (Å²) in [4.78, 5) is 15.4. The number of hydrogen-bond donors (Lipinski definition) is 0. The van der Waals surface area contributed by atoms with Crippen molar-refractivity contribution in [2.45, 2.75) is 6.92 Å². The van der Waals surface area contributed by atoms with Gasteiger partial charge in [-0.3, -0.25) is 9.78 Å². The van der Waals surface area contributed by atoms with E-state index in [1.54, 1.807) is 19.4 Å². The zero-order valence-corrected chi connectivity index (χ0v) is 11.6. The standard InChI is InChI=1S/C16H17NO3/c1-12-9-13(5-6-17-12)16-4-3-15(10-14(16)11-18)20-8-7-19-2/h3-6,9-11H,7-8H2,1-2H3. The highest BCUT2D eigenvalue weighted by atomic mass is 16.5. The Hall–Kier alpha value is -2.20. The van der Waals surface area contributed by atoms with Crippen molar-refractivity contribution >= 4 is 6.29 Å². The molecule has 104 valence electrons. The first-order valence-corrected chi connectivity index (χ1v) is 6.38. The molecule has 4 heteroatoms. The first kappa shape index (κ1) is 14.2. The van der Waals surface area contributed by atoms with Crippen LogP contribution in [-0.2, 0) is 4.74 Å². The van der Waals surface area contributed by atoms with Crippen molar-refractivity contribution in [3.63, 3.8) is 0 Å². The molecule has 0 aliphatic heterocycles. The van der Waals surface area contributed by atoms with E-state index in [9.17, 15) is 4.79 Å². The smallest absolute Gasteiger partial charge is 0.150 e. The summed E-state index contributed by atoms with van der Waals surface area (Å²) in [6, 6.07) is 9.33. The molecule has 1 heterocycles. The number of benzene rings is 1. The molecular weight excluding hydrogens is 254 g/mol. The van der Waals surface area contributed by atoms with Crippen LogP contribution in [0.2, 0.25) is 0 Å². The van der Waals surface area contributed by atoms with Crippen molar-refractivity contribution < 1.29 is 14.3 Å². The highest BCUT2D eigenvalue weighted by Gasteiger charge is 2.07. The Labute approximate surface area is 118 Å². The van der Waals surface area contributed by atoms with Crippen LogP contribution in [-0.4, -0.2) is 31.6 Å². The minimum atomic E-state index is 0.461. The lowest BCUT2D eigenvalue weighted by atomic mass is 10.0. The maximum absolute atomic E-state index is 11.3. The monoisotopic (exact) mass is 271 g/mol.